The van der Waals surface area contributed by atoms with Crippen LogP contribution in [0.5, 0.6) is 0 Å². The highest BCUT2D eigenvalue weighted by Gasteiger charge is 2.47. The Morgan fingerprint density at radius 3 is 3.04 bits per heavy atom. The molecule has 2 aliphatic rings. The summed E-state index contributed by atoms with van der Waals surface area (Å²) in [5.74, 6) is 0.987. The number of anilines is 1. The Morgan fingerprint density at radius 1 is 1.35 bits per heavy atom. The topological polar surface area (TPSA) is 36.4 Å². The van der Waals surface area contributed by atoms with Crippen molar-refractivity contribution in [1.29, 1.82) is 0 Å². The first kappa shape index (κ1) is 15.2. The summed E-state index contributed by atoms with van der Waals surface area (Å²) in [5.41, 5.74) is 1.68. The lowest BCUT2D eigenvalue weighted by Gasteiger charge is -2.40. The summed E-state index contributed by atoms with van der Waals surface area (Å²) < 4.78 is 0. The van der Waals surface area contributed by atoms with Gasteiger partial charge < -0.3 is 10.0 Å². The van der Waals surface area contributed by atoms with Gasteiger partial charge in [-0.15, -0.1) is 0 Å². The number of benzene rings is 1. The number of pyridine rings is 1. The van der Waals surface area contributed by atoms with Gasteiger partial charge in [0.2, 0.25) is 0 Å². The first-order valence-electron chi connectivity index (χ1n) is 8.62. The van der Waals surface area contributed by atoms with E-state index in [1.807, 2.05) is 18.3 Å². The second kappa shape index (κ2) is 5.64. The van der Waals surface area contributed by atoms with E-state index >= 15 is 0 Å². The molecule has 0 spiro atoms. The van der Waals surface area contributed by atoms with E-state index in [9.17, 15) is 5.11 Å². The van der Waals surface area contributed by atoms with E-state index in [2.05, 4.69) is 28.9 Å². The van der Waals surface area contributed by atoms with Crippen molar-refractivity contribution in [3.8, 4) is 0 Å². The molecule has 0 amide bonds. The molecule has 0 bridgehead atoms. The van der Waals surface area contributed by atoms with E-state index in [1.165, 1.54) is 12.1 Å². The summed E-state index contributed by atoms with van der Waals surface area (Å²) in [5, 5.41) is 12.9. The molecule has 1 aliphatic carbocycles. The van der Waals surface area contributed by atoms with Gasteiger partial charge in [-0.25, -0.2) is 0 Å². The molecule has 1 aromatic heterocycles. The van der Waals surface area contributed by atoms with Gasteiger partial charge >= 0.3 is 0 Å². The average Bonchev–Trinajstić information content (AvgIpc) is 3.00. The van der Waals surface area contributed by atoms with Gasteiger partial charge in [0.1, 0.15) is 0 Å². The molecule has 1 N–H and O–H groups in total. The van der Waals surface area contributed by atoms with Crippen LogP contribution in [0.25, 0.3) is 10.9 Å². The third-order valence-corrected chi connectivity index (χ3v) is 6.19. The number of aliphatic hydroxyl groups is 1. The van der Waals surface area contributed by atoms with Gasteiger partial charge in [-0.2, -0.15) is 0 Å². The fraction of sp³-hybridized carbons (Fsp3) is 0.526. The summed E-state index contributed by atoms with van der Waals surface area (Å²) in [4.78, 5) is 6.89. The van der Waals surface area contributed by atoms with Gasteiger partial charge in [-0.3, -0.25) is 4.98 Å². The highest BCUT2D eigenvalue weighted by Crippen LogP contribution is 2.46. The van der Waals surface area contributed by atoms with Gasteiger partial charge in [0.15, 0.2) is 0 Å². The molecule has 23 heavy (non-hydrogen) atoms. The van der Waals surface area contributed by atoms with E-state index in [1.54, 1.807) is 0 Å². The van der Waals surface area contributed by atoms with Crippen molar-refractivity contribution in [2.45, 2.75) is 38.2 Å². The van der Waals surface area contributed by atoms with Crippen molar-refractivity contribution in [3.63, 3.8) is 0 Å². The molecule has 1 saturated carbocycles. The van der Waals surface area contributed by atoms with Crippen LogP contribution in [0.4, 0.5) is 5.69 Å². The molecule has 1 aliphatic heterocycles. The summed E-state index contributed by atoms with van der Waals surface area (Å²) in [6.07, 6.45) is 6.05. The van der Waals surface area contributed by atoms with Crippen LogP contribution in [0.1, 0.15) is 32.6 Å². The smallest absolute Gasteiger partial charge is 0.0737 e. The van der Waals surface area contributed by atoms with Crippen LogP contribution < -0.4 is 4.90 Å². The largest absolute Gasteiger partial charge is 0.390 e. The zero-order valence-electron chi connectivity index (χ0n) is 13.5. The number of rotatable bonds is 2. The zero-order valence-corrected chi connectivity index (χ0v) is 14.3. The Kier molecular flexibility index (Phi) is 3.73. The average molecular weight is 331 g/mol. The van der Waals surface area contributed by atoms with Crippen LogP contribution >= 0.6 is 11.6 Å². The van der Waals surface area contributed by atoms with E-state index in [0.29, 0.717) is 11.8 Å². The number of aromatic nitrogens is 1. The highest BCUT2D eigenvalue weighted by atomic mass is 35.5. The lowest BCUT2D eigenvalue weighted by molar-refractivity contribution is -0.0597. The lowest BCUT2D eigenvalue weighted by atomic mass is 9.69. The first-order valence-corrected chi connectivity index (χ1v) is 9.00. The first-order chi connectivity index (χ1) is 11.1. The molecular weight excluding hydrogens is 308 g/mol. The molecule has 2 fully saturated rings. The van der Waals surface area contributed by atoms with Crippen molar-refractivity contribution in [2.75, 3.05) is 18.0 Å². The molecule has 2 aromatic rings. The Hall–Kier alpha value is -1.32. The summed E-state index contributed by atoms with van der Waals surface area (Å²) >= 11 is 6.10. The predicted octanol–water partition coefficient (Wildman–Crippen LogP) is 4.27. The summed E-state index contributed by atoms with van der Waals surface area (Å²) in [6.45, 7) is 4.10. The fourth-order valence-electron chi connectivity index (χ4n) is 4.65. The number of fused-ring (bicyclic) bond motifs is 2. The van der Waals surface area contributed by atoms with Crippen LogP contribution in [0.15, 0.2) is 30.5 Å². The van der Waals surface area contributed by atoms with Gasteiger partial charge in [0.25, 0.3) is 0 Å². The molecule has 1 saturated heterocycles. The van der Waals surface area contributed by atoms with Crippen molar-refractivity contribution < 1.29 is 5.11 Å². The molecule has 3 atom stereocenters. The maximum absolute atomic E-state index is 11.0. The Morgan fingerprint density at radius 2 is 2.22 bits per heavy atom. The Bertz CT molecular complexity index is 734. The van der Waals surface area contributed by atoms with Crippen LogP contribution in [0.3, 0.4) is 0 Å². The minimum atomic E-state index is -0.482. The van der Waals surface area contributed by atoms with Crippen molar-refractivity contribution in [2.24, 2.45) is 11.8 Å². The SMILES string of the molecule is CC[C@@]1(O)CCC[C@@H]2CN(c3ccnc4cc(Cl)ccc34)C[C@@H]21. The van der Waals surface area contributed by atoms with Crippen LogP contribution in [-0.4, -0.2) is 28.8 Å². The highest BCUT2D eigenvalue weighted by molar-refractivity contribution is 6.31. The molecule has 0 unspecified atom stereocenters. The molecule has 1 aromatic carbocycles. The lowest BCUT2D eigenvalue weighted by Crippen LogP contribution is -2.44. The molecule has 122 valence electrons. The van der Waals surface area contributed by atoms with Crippen molar-refractivity contribution in [3.05, 3.63) is 35.5 Å². The number of nitrogens with zero attached hydrogens (tertiary/aromatic N) is 2. The molecule has 4 heteroatoms. The van der Waals surface area contributed by atoms with Crippen LogP contribution in [0.2, 0.25) is 5.02 Å². The van der Waals surface area contributed by atoms with Crippen molar-refractivity contribution in [1.82, 2.24) is 4.98 Å². The monoisotopic (exact) mass is 330 g/mol. The van der Waals surface area contributed by atoms with E-state index in [4.69, 9.17) is 11.6 Å². The van der Waals surface area contributed by atoms with E-state index in [0.717, 1.165) is 48.3 Å². The predicted molar refractivity (Wildman–Crippen MR) is 95.0 cm³/mol. The second-order valence-electron chi connectivity index (χ2n) is 7.11. The standard InChI is InChI=1S/C19H23ClN2O/c1-2-19(23)8-3-4-13-11-22(12-16(13)19)18-7-9-21-17-10-14(20)5-6-15(17)18/h5-7,9-10,13,16,23H,2-4,8,11-12H2,1H3/t13-,16+,19-/m1/s1. The normalized spacial score (nSPS) is 30.7. The summed E-state index contributed by atoms with van der Waals surface area (Å²) in [7, 11) is 0. The third kappa shape index (κ3) is 2.50. The van der Waals surface area contributed by atoms with Gasteiger partial charge in [0.05, 0.1) is 11.1 Å². The summed E-state index contributed by atoms with van der Waals surface area (Å²) in [6, 6.07) is 8.01. The molecule has 3 nitrogen and oxygen atoms in total. The molecule has 0 radical (unpaired) electrons. The van der Waals surface area contributed by atoms with Gasteiger partial charge in [-0.05, 0) is 49.4 Å². The quantitative estimate of drug-likeness (QED) is 0.893. The van der Waals surface area contributed by atoms with Crippen LogP contribution in [-0.2, 0) is 0 Å². The Labute approximate surface area is 142 Å². The maximum atomic E-state index is 11.0. The van der Waals surface area contributed by atoms with Gasteiger partial charge in [0, 0.05) is 41.3 Å². The second-order valence-corrected chi connectivity index (χ2v) is 7.55. The number of halogens is 1. The zero-order chi connectivity index (χ0) is 16.0. The maximum Gasteiger partial charge on any atom is 0.0737 e. The molecular formula is C19H23ClN2O. The van der Waals surface area contributed by atoms with Gasteiger partial charge in [-0.1, -0.05) is 24.9 Å². The van der Waals surface area contributed by atoms with Crippen LogP contribution in [0, 0.1) is 11.8 Å². The minimum absolute atomic E-state index is 0.386. The number of hydrogen-bond donors (Lipinski definition) is 1. The van der Waals surface area contributed by atoms with E-state index in [-0.39, 0.29) is 0 Å². The van der Waals surface area contributed by atoms with E-state index < -0.39 is 5.60 Å². The van der Waals surface area contributed by atoms with Crippen molar-refractivity contribution >= 4 is 28.2 Å². The minimum Gasteiger partial charge on any atom is -0.390 e. The Balaban J connectivity index is 1.70. The third-order valence-electron chi connectivity index (χ3n) is 5.95. The molecule has 4 rings (SSSR count). The number of hydrogen-bond acceptors (Lipinski definition) is 3. The molecule has 2 heterocycles. The fourth-order valence-corrected chi connectivity index (χ4v) is 4.81.